The zero-order valence-electron chi connectivity index (χ0n) is 18.0. The molecule has 32 heavy (non-hydrogen) atoms. The van der Waals surface area contributed by atoms with Crippen molar-refractivity contribution in [1.29, 1.82) is 0 Å². The molecule has 0 atom stereocenters. The molecule has 2 aromatic carbocycles. The van der Waals surface area contributed by atoms with Crippen LogP contribution in [0.2, 0.25) is 10.0 Å². The molecule has 7 heteroatoms. The fraction of sp³-hybridized carbons (Fsp3) is 0.320. The van der Waals surface area contributed by atoms with E-state index in [9.17, 15) is 5.11 Å². The summed E-state index contributed by atoms with van der Waals surface area (Å²) < 4.78 is 2.93. The maximum atomic E-state index is 10.4. The zero-order chi connectivity index (χ0) is 22.8. The summed E-state index contributed by atoms with van der Waals surface area (Å²) in [6, 6.07) is 13.7. The second kappa shape index (κ2) is 10.0. The molecule has 1 aliphatic carbocycles. The van der Waals surface area contributed by atoms with Gasteiger partial charge in [0.25, 0.3) is 0 Å². The van der Waals surface area contributed by atoms with E-state index < -0.39 is 0 Å². The van der Waals surface area contributed by atoms with Crippen LogP contribution in [-0.2, 0) is 6.61 Å². The molecule has 4 rings (SSSR count). The first-order valence-corrected chi connectivity index (χ1v) is 12.3. The number of aliphatic hydroxyl groups excluding tert-OH is 1. The van der Waals surface area contributed by atoms with Crippen molar-refractivity contribution in [2.75, 3.05) is 7.05 Å². The van der Waals surface area contributed by atoms with E-state index in [0.29, 0.717) is 33.3 Å². The Morgan fingerprint density at radius 2 is 1.84 bits per heavy atom. The van der Waals surface area contributed by atoms with Gasteiger partial charge in [-0.05, 0) is 55.3 Å². The second-order valence-electron chi connectivity index (χ2n) is 8.17. The van der Waals surface area contributed by atoms with Gasteiger partial charge in [0.05, 0.1) is 23.0 Å². The number of imidazole rings is 1. The first-order chi connectivity index (χ1) is 15.4. The van der Waals surface area contributed by atoms with Crippen LogP contribution in [0.3, 0.4) is 0 Å². The van der Waals surface area contributed by atoms with Gasteiger partial charge >= 0.3 is 0 Å². The molecule has 0 bridgehead atoms. The van der Waals surface area contributed by atoms with Crippen LogP contribution >= 0.6 is 39.1 Å². The molecule has 168 valence electrons. The molecular weight excluding hydrogens is 509 g/mol. The zero-order valence-corrected chi connectivity index (χ0v) is 21.1. The summed E-state index contributed by atoms with van der Waals surface area (Å²) in [7, 11) is 2.08. The van der Waals surface area contributed by atoms with Crippen LogP contribution in [0.15, 0.2) is 53.5 Å². The van der Waals surface area contributed by atoms with Gasteiger partial charge in [-0.3, -0.25) is 4.57 Å². The number of hydrogen-bond acceptors (Lipinski definition) is 3. The molecule has 3 aromatic rings. The molecule has 0 aliphatic heterocycles. The largest absolute Gasteiger partial charge is 0.390 e. The van der Waals surface area contributed by atoms with Gasteiger partial charge in [0.15, 0.2) is 0 Å². The highest BCUT2D eigenvalue weighted by molar-refractivity contribution is 9.10. The lowest BCUT2D eigenvalue weighted by molar-refractivity contribution is 0.261. The van der Waals surface area contributed by atoms with E-state index in [-0.39, 0.29) is 6.61 Å². The first kappa shape index (κ1) is 23.4. The van der Waals surface area contributed by atoms with E-state index in [1.807, 2.05) is 34.9 Å². The summed E-state index contributed by atoms with van der Waals surface area (Å²) in [6.07, 6.45) is 6.04. The van der Waals surface area contributed by atoms with Crippen molar-refractivity contribution in [1.82, 2.24) is 14.5 Å². The van der Waals surface area contributed by atoms with Gasteiger partial charge in [0.2, 0.25) is 0 Å². The van der Waals surface area contributed by atoms with E-state index in [0.717, 1.165) is 34.3 Å². The number of aromatic nitrogens is 2. The van der Waals surface area contributed by atoms with E-state index in [4.69, 9.17) is 28.2 Å². The molecule has 1 fully saturated rings. The number of aliphatic hydroxyl groups is 1. The molecule has 0 amide bonds. The Morgan fingerprint density at radius 1 is 1.16 bits per heavy atom. The second-order valence-corrected chi connectivity index (χ2v) is 9.93. The van der Waals surface area contributed by atoms with E-state index in [1.165, 1.54) is 19.3 Å². The van der Waals surface area contributed by atoms with Gasteiger partial charge in [-0.2, -0.15) is 0 Å². The third-order valence-corrected chi connectivity index (χ3v) is 7.28. The summed E-state index contributed by atoms with van der Waals surface area (Å²) in [5.74, 6) is 0.645. The highest BCUT2D eigenvalue weighted by Gasteiger charge is 2.26. The van der Waals surface area contributed by atoms with Crippen LogP contribution in [0.5, 0.6) is 0 Å². The predicted molar refractivity (Wildman–Crippen MR) is 136 cm³/mol. The highest BCUT2D eigenvalue weighted by atomic mass is 79.9. The number of nitrogens with zero attached hydrogens (tertiary/aromatic N) is 3. The lowest BCUT2D eigenvalue weighted by Gasteiger charge is -2.33. The standard InChI is InChI=1S/C25H26BrCl2N3O/c1-16(30(2)19-6-4-3-5-7-19)24-23(15-32)31(20-11-8-17(26)9-12-20)25(29-24)21-13-10-18(27)14-22(21)28/h8-14,19,32H,1,3-7,15H2,2H3. The van der Waals surface area contributed by atoms with Crippen LogP contribution in [0, 0.1) is 0 Å². The molecule has 4 nitrogen and oxygen atoms in total. The summed E-state index contributed by atoms with van der Waals surface area (Å²) in [5.41, 5.74) is 3.80. The van der Waals surface area contributed by atoms with Crippen molar-refractivity contribution < 1.29 is 5.11 Å². The average molecular weight is 535 g/mol. The van der Waals surface area contributed by atoms with Gasteiger partial charge in [-0.25, -0.2) is 4.98 Å². The smallest absolute Gasteiger partial charge is 0.147 e. The maximum absolute atomic E-state index is 10.4. The Hall–Kier alpha value is -1.79. The summed E-state index contributed by atoms with van der Waals surface area (Å²) in [4.78, 5) is 7.20. The molecule has 1 N–H and O–H groups in total. The summed E-state index contributed by atoms with van der Waals surface area (Å²) in [6.45, 7) is 4.20. The lowest BCUT2D eigenvalue weighted by atomic mass is 9.94. The van der Waals surface area contributed by atoms with Crippen LogP contribution in [0.25, 0.3) is 22.8 Å². The van der Waals surface area contributed by atoms with Crippen molar-refractivity contribution in [3.05, 3.63) is 74.9 Å². The minimum Gasteiger partial charge on any atom is -0.390 e. The Balaban J connectivity index is 1.87. The van der Waals surface area contributed by atoms with Crippen LogP contribution in [0.1, 0.15) is 43.5 Å². The quantitative estimate of drug-likeness (QED) is 0.359. The summed E-state index contributed by atoms with van der Waals surface area (Å²) in [5, 5.41) is 11.5. The topological polar surface area (TPSA) is 41.3 Å². The van der Waals surface area contributed by atoms with Gasteiger partial charge in [-0.1, -0.05) is 65.0 Å². The Labute approximate surface area is 207 Å². The molecule has 1 aromatic heterocycles. The van der Waals surface area contributed by atoms with Crippen molar-refractivity contribution in [2.24, 2.45) is 0 Å². The number of hydrogen-bond donors (Lipinski definition) is 1. The average Bonchev–Trinajstić information content (AvgIpc) is 3.18. The minimum absolute atomic E-state index is 0.179. The van der Waals surface area contributed by atoms with Crippen molar-refractivity contribution in [3.8, 4) is 17.1 Å². The summed E-state index contributed by atoms with van der Waals surface area (Å²) >= 11 is 16.2. The third kappa shape index (κ3) is 4.62. The molecule has 1 aliphatic rings. The van der Waals surface area contributed by atoms with Gasteiger partial charge < -0.3 is 10.0 Å². The molecule has 1 saturated carbocycles. The van der Waals surface area contributed by atoms with Crippen LogP contribution < -0.4 is 0 Å². The van der Waals surface area contributed by atoms with Crippen LogP contribution in [0.4, 0.5) is 0 Å². The van der Waals surface area contributed by atoms with E-state index >= 15 is 0 Å². The SMILES string of the molecule is C=C(c1nc(-c2ccc(Cl)cc2Cl)n(-c2ccc(Br)cc2)c1CO)N(C)C1CCCCC1. The molecule has 0 radical (unpaired) electrons. The highest BCUT2D eigenvalue weighted by Crippen LogP contribution is 2.36. The van der Waals surface area contributed by atoms with Gasteiger partial charge in [0.1, 0.15) is 11.5 Å². The lowest BCUT2D eigenvalue weighted by Crippen LogP contribution is -2.32. The van der Waals surface area contributed by atoms with Crippen LogP contribution in [-0.4, -0.2) is 32.6 Å². The fourth-order valence-electron chi connectivity index (χ4n) is 4.41. The maximum Gasteiger partial charge on any atom is 0.147 e. The Bertz CT molecular complexity index is 1120. The number of benzene rings is 2. The first-order valence-electron chi connectivity index (χ1n) is 10.8. The van der Waals surface area contributed by atoms with Gasteiger partial charge in [0, 0.05) is 33.8 Å². The minimum atomic E-state index is -0.179. The molecule has 0 spiro atoms. The third-order valence-electron chi connectivity index (χ3n) is 6.20. The number of halogens is 3. The molecule has 0 unspecified atom stereocenters. The predicted octanol–water partition coefficient (Wildman–Crippen LogP) is 7.34. The van der Waals surface area contributed by atoms with Crippen molar-refractivity contribution >= 4 is 44.8 Å². The van der Waals surface area contributed by atoms with E-state index in [1.54, 1.807) is 12.1 Å². The number of rotatable bonds is 6. The normalized spacial score (nSPS) is 14.5. The monoisotopic (exact) mass is 533 g/mol. The Morgan fingerprint density at radius 3 is 2.47 bits per heavy atom. The fourth-order valence-corrected chi connectivity index (χ4v) is 5.16. The van der Waals surface area contributed by atoms with Crippen molar-refractivity contribution in [3.63, 3.8) is 0 Å². The molecular formula is C25H26BrCl2N3O. The molecule has 1 heterocycles. The Kier molecular flexibility index (Phi) is 7.30. The van der Waals surface area contributed by atoms with Gasteiger partial charge in [-0.15, -0.1) is 0 Å². The van der Waals surface area contributed by atoms with Crippen molar-refractivity contribution in [2.45, 2.75) is 44.8 Å². The molecule has 0 saturated heterocycles. The van der Waals surface area contributed by atoms with E-state index in [2.05, 4.69) is 34.5 Å².